The summed E-state index contributed by atoms with van der Waals surface area (Å²) in [7, 11) is 2.56. The van der Waals surface area contributed by atoms with Crippen LogP contribution >= 0.6 is 8.02 Å². The van der Waals surface area contributed by atoms with Crippen LogP contribution in [-0.2, 0) is 11.8 Å². The molecular formula is C18H73PS. The molecule has 0 radical (unpaired) electrons. The molecule has 0 aromatic heterocycles. The summed E-state index contributed by atoms with van der Waals surface area (Å²) in [6.07, 6.45) is 0. The highest BCUT2D eigenvalue weighted by atomic mass is 32.4. The van der Waals surface area contributed by atoms with Gasteiger partial charge in [0.2, 0.25) is 0 Å². The van der Waals surface area contributed by atoms with Crippen molar-refractivity contribution < 1.29 is 0 Å². The fraction of sp³-hybridized carbons (Fsp3) is 1.00. The number of hydrogen-bond donors (Lipinski definition) is 0. The zero-order valence-electron chi connectivity index (χ0n) is 0.908. The van der Waals surface area contributed by atoms with Crippen molar-refractivity contribution in [3.8, 4) is 0 Å². The van der Waals surface area contributed by atoms with Crippen LogP contribution in [0.2, 0.25) is 0 Å². The lowest BCUT2D eigenvalue weighted by atomic mass is 12.0. The average molecular weight is 353 g/mol. The topological polar surface area (TPSA) is 0 Å². The van der Waals surface area contributed by atoms with E-state index in [0.717, 1.165) is 0 Å². The van der Waals surface area contributed by atoms with E-state index < -0.39 is 0 Å². The number of rotatable bonds is 0. The molecule has 0 aliphatic carbocycles. The third kappa shape index (κ3) is 21000. The van der Waals surface area contributed by atoms with Gasteiger partial charge in [0.1, 0.15) is 0 Å². The second kappa shape index (κ2) is 24800. The molecule has 0 saturated carbocycles. The molecule has 2 heteroatoms. The summed E-state index contributed by atoms with van der Waals surface area (Å²) in [5.74, 6) is 0. The monoisotopic (exact) mass is 353 g/mol. The first-order chi connectivity index (χ1) is 1.00. The van der Waals surface area contributed by atoms with Gasteiger partial charge in [-0.05, 0) is 8.02 Å². The Balaban J connectivity index is -0.0000000000327. The first-order valence-electron chi connectivity index (χ1n) is 0.204. The highest BCUT2D eigenvalue weighted by molar-refractivity contribution is 7.88. The van der Waals surface area contributed by atoms with Gasteiger partial charge in [-0.3, -0.25) is 0 Å². The SMILES string of the molecule is C.C.C.C.C.C.C.C.C.C.C.C.C.C.C.C.C.C.P=S. The molecule has 0 N–H and O–H groups in total. The molecule has 156 valence electrons. The van der Waals surface area contributed by atoms with Gasteiger partial charge in [0.05, 0.1) is 0 Å². The molecular weight excluding hydrogens is 279 g/mol. The second-order valence-corrected chi connectivity index (χ2v) is 0. The molecule has 0 atom stereocenters. The Hall–Kier alpha value is 0.520. The smallest absolute Gasteiger partial charge is 0.0437 e. The van der Waals surface area contributed by atoms with Gasteiger partial charge in [0, 0.05) is 0 Å². The molecule has 0 aliphatic heterocycles. The molecule has 0 fully saturated rings. The van der Waals surface area contributed by atoms with Gasteiger partial charge in [-0.15, -0.1) is 0 Å². The van der Waals surface area contributed by atoms with Gasteiger partial charge >= 0.3 is 0 Å². The molecule has 0 aromatic rings. The molecule has 0 rings (SSSR count). The van der Waals surface area contributed by atoms with Crippen molar-refractivity contribution in [3.05, 3.63) is 0 Å². The van der Waals surface area contributed by atoms with E-state index in [9.17, 15) is 0 Å². The van der Waals surface area contributed by atoms with Gasteiger partial charge in [0.15, 0.2) is 0 Å². The Morgan fingerprint density at radius 3 is 0.200 bits per heavy atom. The van der Waals surface area contributed by atoms with Gasteiger partial charge in [-0.25, -0.2) is 0 Å². The second-order valence-electron chi connectivity index (χ2n) is 0. The van der Waals surface area contributed by atoms with Crippen molar-refractivity contribution in [2.24, 2.45) is 0 Å². The van der Waals surface area contributed by atoms with E-state index in [2.05, 4.69) is 19.8 Å². The van der Waals surface area contributed by atoms with Crippen LogP contribution in [0, 0.1) is 0 Å². The van der Waals surface area contributed by atoms with Crippen molar-refractivity contribution in [2.45, 2.75) is 134 Å². The van der Waals surface area contributed by atoms with Crippen molar-refractivity contribution in [2.75, 3.05) is 0 Å². The molecule has 0 bridgehead atoms. The van der Waals surface area contributed by atoms with E-state index >= 15 is 0 Å². The Kier molecular flexibility index (Phi) is 4190000. The minimum Gasteiger partial charge on any atom is -0.0776 e. The summed E-state index contributed by atoms with van der Waals surface area (Å²) in [6, 6.07) is 0. The third-order valence-electron chi connectivity index (χ3n) is 0. The summed E-state index contributed by atoms with van der Waals surface area (Å²) < 4.78 is 0. The van der Waals surface area contributed by atoms with Gasteiger partial charge in [0.25, 0.3) is 0 Å². The maximum Gasteiger partial charge on any atom is -0.0437 e. The largest absolute Gasteiger partial charge is 0.0776 e. The van der Waals surface area contributed by atoms with E-state index in [1.54, 1.807) is 0 Å². The van der Waals surface area contributed by atoms with Crippen LogP contribution in [0.15, 0.2) is 0 Å². The molecule has 0 saturated heterocycles. The Bertz CT molecular complexity index is 11.4. The van der Waals surface area contributed by atoms with Crippen LogP contribution in [0.3, 0.4) is 0 Å². The Morgan fingerprint density at radius 2 is 0.200 bits per heavy atom. The van der Waals surface area contributed by atoms with Crippen molar-refractivity contribution in [3.63, 3.8) is 0 Å². The highest BCUT2D eigenvalue weighted by Crippen LogP contribution is 1.26. The molecule has 0 nitrogen and oxygen atoms in total. The van der Waals surface area contributed by atoms with E-state index in [4.69, 9.17) is 0 Å². The van der Waals surface area contributed by atoms with Crippen LogP contribution in [0.1, 0.15) is 134 Å². The lowest BCUT2D eigenvalue weighted by Gasteiger charge is -0.760. The van der Waals surface area contributed by atoms with Crippen LogP contribution in [-0.4, -0.2) is 0 Å². The van der Waals surface area contributed by atoms with Crippen molar-refractivity contribution in [1.29, 1.82) is 0 Å². The molecule has 0 aliphatic rings. The molecule has 0 aromatic carbocycles. The lowest BCUT2D eigenvalue weighted by molar-refractivity contribution is 2.50. The summed E-state index contributed by atoms with van der Waals surface area (Å²) >= 11 is 3.89. The zero-order valence-corrected chi connectivity index (χ0v) is 2.72. The minimum atomic E-state index is 0. The maximum atomic E-state index is 3.89. The third-order valence-corrected chi connectivity index (χ3v) is 0. The van der Waals surface area contributed by atoms with Crippen LogP contribution in [0.5, 0.6) is 0 Å². The predicted molar refractivity (Wildman–Crippen MR) is 137 cm³/mol. The van der Waals surface area contributed by atoms with E-state index in [1.165, 1.54) is 0 Å². The molecule has 0 unspecified atom stereocenters. The average Bonchev–Trinajstić information content (AvgIpc) is 1.00. The lowest BCUT2D eigenvalue weighted by Crippen LogP contribution is -0.399. The predicted octanol–water partition coefficient (Wildman–Crippen LogP) is 12.0. The normalized spacial score (nSPS) is 0.200. The summed E-state index contributed by atoms with van der Waals surface area (Å²) in [6.45, 7) is 0. The summed E-state index contributed by atoms with van der Waals surface area (Å²) in [5, 5.41) is 0. The highest BCUT2D eigenvalue weighted by Gasteiger charge is 0.655. The standard InChI is InChI=1S/18CH4.HPS/c;;;;;;;;;;;;;;;;;;1-2/h18*1H4;1H. The van der Waals surface area contributed by atoms with Crippen molar-refractivity contribution in [1.82, 2.24) is 0 Å². The molecule has 0 heterocycles. The molecule has 20 heavy (non-hydrogen) atoms. The quantitative estimate of drug-likeness (QED) is 0.390. The minimum absolute atomic E-state index is 0. The fourth-order valence-electron chi connectivity index (χ4n) is 0. The Morgan fingerprint density at radius 1 is 0.200 bits per heavy atom. The van der Waals surface area contributed by atoms with E-state index in [-0.39, 0.29) is 134 Å². The van der Waals surface area contributed by atoms with E-state index in [1.807, 2.05) is 0 Å². The number of hydrogen-bond acceptors (Lipinski definition) is 1. The first-order valence-corrected chi connectivity index (χ1v) is 1.84. The van der Waals surface area contributed by atoms with E-state index in [0.29, 0.717) is 0 Å². The van der Waals surface area contributed by atoms with Crippen molar-refractivity contribution >= 4 is 19.8 Å². The van der Waals surface area contributed by atoms with Gasteiger partial charge in [-0.2, -0.15) is 0 Å². The van der Waals surface area contributed by atoms with Gasteiger partial charge in [-0.1, -0.05) is 145 Å². The molecule has 0 spiro atoms. The maximum absolute atomic E-state index is 3.89. The van der Waals surface area contributed by atoms with Crippen LogP contribution < -0.4 is 0 Å². The van der Waals surface area contributed by atoms with Crippen LogP contribution in [0.25, 0.3) is 0 Å². The van der Waals surface area contributed by atoms with Crippen LogP contribution in [0.4, 0.5) is 0 Å². The molecule has 0 amide bonds. The summed E-state index contributed by atoms with van der Waals surface area (Å²) in [4.78, 5) is 0. The first kappa shape index (κ1) is 3380. The summed E-state index contributed by atoms with van der Waals surface area (Å²) in [5.41, 5.74) is 0. The zero-order chi connectivity index (χ0) is 2.00. The fourth-order valence-corrected chi connectivity index (χ4v) is 0. The van der Waals surface area contributed by atoms with Gasteiger partial charge < -0.3 is 0 Å². The Labute approximate surface area is 153 Å².